The molecule has 0 aliphatic carbocycles. The van der Waals surface area contributed by atoms with Gasteiger partial charge in [-0.25, -0.2) is 22.5 Å². The molecule has 0 spiro atoms. The van der Waals surface area contributed by atoms with E-state index in [1.54, 1.807) is 0 Å². The number of hydrogen-bond donors (Lipinski definition) is 3. The van der Waals surface area contributed by atoms with E-state index in [4.69, 9.17) is 17.3 Å². The number of nitrogen functional groups attached to an aromatic ring is 1. The van der Waals surface area contributed by atoms with Gasteiger partial charge in [-0.1, -0.05) is 11.6 Å². The molecule has 1 aromatic heterocycles. The second-order valence-corrected chi connectivity index (χ2v) is 6.12. The predicted molar refractivity (Wildman–Crippen MR) is 70.9 cm³/mol. The van der Waals surface area contributed by atoms with Crippen molar-refractivity contribution in [2.75, 3.05) is 5.73 Å². The minimum absolute atomic E-state index is 0.0455. The lowest BCUT2D eigenvalue weighted by Crippen LogP contribution is -2.28. The van der Waals surface area contributed by atoms with Crippen molar-refractivity contribution >= 4 is 27.3 Å². The number of aromatic amines is 1. The number of anilines is 1. The van der Waals surface area contributed by atoms with E-state index in [0.717, 1.165) is 12.1 Å². The summed E-state index contributed by atoms with van der Waals surface area (Å²) in [4.78, 5) is 3.20. The van der Waals surface area contributed by atoms with Crippen molar-refractivity contribution in [2.45, 2.75) is 17.9 Å². The molecule has 0 amide bonds. The van der Waals surface area contributed by atoms with Gasteiger partial charge in [0.05, 0.1) is 11.1 Å². The monoisotopic (exact) mass is 319 g/mol. The van der Waals surface area contributed by atoms with Crippen LogP contribution in [0.15, 0.2) is 23.4 Å². The quantitative estimate of drug-likeness (QED) is 0.733. The van der Waals surface area contributed by atoms with Crippen LogP contribution in [0.1, 0.15) is 18.8 Å². The number of benzene rings is 1. The van der Waals surface area contributed by atoms with Crippen LogP contribution in [0.2, 0.25) is 5.02 Å². The smallest absolute Gasteiger partial charge is 0.244 e. The highest BCUT2D eigenvalue weighted by molar-refractivity contribution is 7.89. The second kappa shape index (κ2) is 5.35. The van der Waals surface area contributed by atoms with E-state index >= 15 is 0 Å². The van der Waals surface area contributed by atoms with Crippen LogP contribution in [0.3, 0.4) is 0 Å². The molecular formula is C10H11ClFN5O2S. The molecule has 20 heavy (non-hydrogen) atoms. The van der Waals surface area contributed by atoms with Crippen LogP contribution in [0.4, 0.5) is 10.1 Å². The number of hydrogen-bond acceptors (Lipinski definition) is 5. The van der Waals surface area contributed by atoms with Gasteiger partial charge in [0.25, 0.3) is 0 Å². The summed E-state index contributed by atoms with van der Waals surface area (Å²) in [5.74, 6) is -0.762. The zero-order valence-electron chi connectivity index (χ0n) is 10.3. The summed E-state index contributed by atoms with van der Waals surface area (Å²) < 4.78 is 40.4. The average Bonchev–Trinajstić information content (AvgIpc) is 2.86. The van der Waals surface area contributed by atoms with E-state index < -0.39 is 26.8 Å². The van der Waals surface area contributed by atoms with Crippen molar-refractivity contribution < 1.29 is 12.8 Å². The Labute approximate surface area is 119 Å². The van der Waals surface area contributed by atoms with E-state index in [1.165, 1.54) is 13.3 Å². The van der Waals surface area contributed by atoms with Crippen molar-refractivity contribution in [2.24, 2.45) is 0 Å². The Morgan fingerprint density at radius 1 is 1.50 bits per heavy atom. The summed E-state index contributed by atoms with van der Waals surface area (Å²) in [6.45, 7) is 1.53. The van der Waals surface area contributed by atoms with Gasteiger partial charge in [-0.2, -0.15) is 5.10 Å². The first kappa shape index (κ1) is 14.7. The minimum atomic E-state index is -4.14. The first-order valence-corrected chi connectivity index (χ1v) is 7.29. The molecular weight excluding hydrogens is 309 g/mol. The summed E-state index contributed by atoms with van der Waals surface area (Å²) in [6.07, 6.45) is 1.23. The lowest BCUT2D eigenvalue weighted by Gasteiger charge is -2.13. The summed E-state index contributed by atoms with van der Waals surface area (Å²) in [6, 6.07) is 1.41. The molecule has 0 aliphatic heterocycles. The van der Waals surface area contributed by atoms with Crippen LogP contribution in [0.25, 0.3) is 0 Å². The number of rotatable bonds is 4. The standard InChI is InChI=1S/C10H11ClFN5O2S/c1-5(10-14-4-15-16-10)17-20(18,19)8-3-6(13)2-7(11)9(8)12/h2-5,17H,13H2,1H3,(H,14,15,16). The highest BCUT2D eigenvalue weighted by Gasteiger charge is 2.25. The Hall–Kier alpha value is -1.71. The van der Waals surface area contributed by atoms with Gasteiger partial charge < -0.3 is 5.73 Å². The SMILES string of the molecule is CC(NS(=O)(=O)c1cc(N)cc(Cl)c1F)c1ncn[nH]1. The summed E-state index contributed by atoms with van der Waals surface area (Å²) in [7, 11) is -4.14. The molecule has 0 aliphatic rings. The fraction of sp³-hybridized carbons (Fsp3) is 0.200. The molecule has 1 aromatic carbocycles. The Kier molecular flexibility index (Phi) is 3.93. The molecule has 2 rings (SSSR count). The van der Waals surface area contributed by atoms with E-state index in [2.05, 4.69) is 19.9 Å². The Balaban J connectivity index is 2.36. The number of aromatic nitrogens is 3. The number of halogens is 2. The number of nitrogens with two attached hydrogens (primary N) is 1. The van der Waals surface area contributed by atoms with Crippen LogP contribution in [0, 0.1) is 5.82 Å². The largest absolute Gasteiger partial charge is 0.399 e. The third-order valence-corrected chi connectivity index (χ3v) is 4.30. The fourth-order valence-corrected chi connectivity index (χ4v) is 3.18. The Morgan fingerprint density at radius 2 is 2.20 bits per heavy atom. The fourth-order valence-electron chi connectivity index (χ4n) is 1.55. The number of nitrogens with zero attached hydrogens (tertiary/aromatic N) is 2. The van der Waals surface area contributed by atoms with Gasteiger partial charge in [-0.3, -0.25) is 5.10 Å². The van der Waals surface area contributed by atoms with Crippen LogP contribution < -0.4 is 10.5 Å². The molecule has 2 aromatic rings. The summed E-state index contributed by atoms with van der Waals surface area (Å²) >= 11 is 5.59. The average molecular weight is 320 g/mol. The molecule has 108 valence electrons. The van der Waals surface area contributed by atoms with Gasteiger partial charge in [-0.15, -0.1) is 0 Å². The summed E-state index contributed by atoms with van der Waals surface area (Å²) in [5.41, 5.74) is 5.52. The molecule has 0 bridgehead atoms. The van der Waals surface area contributed by atoms with Gasteiger partial charge in [0, 0.05) is 5.69 Å². The maximum Gasteiger partial charge on any atom is 0.244 e. The van der Waals surface area contributed by atoms with Crippen molar-refractivity contribution in [1.82, 2.24) is 19.9 Å². The van der Waals surface area contributed by atoms with Crippen LogP contribution in [0.5, 0.6) is 0 Å². The molecule has 0 fully saturated rings. The maximum absolute atomic E-state index is 13.8. The third-order valence-electron chi connectivity index (χ3n) is 2.48. The van der Waals surface area contributed by atoms with E-state index in [0.29, 0.717) is 5.82 Å². The molecule has 10 heteroatoms. The Morgan fingerprint density at radius 3 is 2.80 bits per heavy atom. The highest BCUT2D eigenvalue weighted by Crippen LogP contribution is 2.26. The van der Waals surface area contributed by atoms with Gasteiger partial charge >= 0.3 is 0 Å². The molecule has 0 saturated heterocycles. The molecule has 7 nitrogen and oxygen atoms in total. The van der Waals surface area contributed by atoms with Crippen molar-refractivity contribution in [3.63, 3.8) is 0 Å². The second-order valence-electron chi connectivity index (χ2n) is 4.03. The first-order chi connectivity index (χ1) is 9.31. The van der Waals surface area contributed by atoms with E-state index in [9.17, 15) is 12.8 Å². The van der Waals surface area contributed by atoms with E-state index in [-0.39, 0.29) is 10.7 Å². The van der Waals surface area contributed by atoms with Crippen LogP contribution >= 0.6 is 11.6 Å². The van der Waals surface area contributed by atoms with Crippen LogP contribution in [-0.2, 0) is 10.0 Å². The van der Waals surface area contributed by atoms with E-state index in [1.807, 2.05) is 0 Å². The van der Waals surface area contributed by atoms with Gasteiger partial charge in [0.1, 0.15) is 17.0 Å². The maximum atomic E-state index is 13.8. The Bertz CT molecular complexity index is 719. The van der Waals surface area contributed by atoms with Gasteiger partial charge in [0.15, 0.2) is 5.82 Å². The lowest BCUT2D eigenvalue weighted by molar-refractivity contribution is 0.542. The number of sulfonamides is 1. The minimum Gasteiger partial charge on any atom is -0.399 e. The summed E-state index contributed by atoms with van der Waals surface area (Å²) in [5, 5.41) is 5.76. The molecule has 4 N–H and O–H groups in total. The zero-order valence-corrected chi connectivity index (χ0v) is 11.8. The first-order valence-electron chi connectivity index (χ1n) is 5.43. The predicted octanol–water partition coefficient (Wildman–Crippen LogP) is 1.22. The molecule has 0 radical (unpaired) electrons. The normalized spacial score (nSPS) is 13.3. The zero-order chi connectivity index (χ0) is 14.9. The molecule has 1 heterocycles. The van der Waals surface area contributed by atoms with Crippen molar-refractivity contribution in [3.05, 3.63) is 35.1 Å². The topological polar surface area (TPSA) is 114 Å². The van der Waals surface area contributed by atoms with Crippen molar-refractivity contribution in [3.8, 4) is 0 Å². The number of H-pyrrole nitrogens is 1. The molecule has 0 saturated carbocycles. The van der Waals surface area contributed by atoms with Crippen molar-refractivity contribution in [1.29, 1.82) is 0 Å². The van der Waals surface area contributed by atoms with Gasteiger partial charge in [-0.05, 0) is 19.1 Å². The number of nitrogens with one attached hydrogen (secondary N) is 2. The van der Waals surface area contributed by atoms with Crippen LogP contribution in [-0.4, -0.2) is 23.6 Å². The third kappa shape index (κ3) is 2.89. The van der Waals surface area contributed by atoms with Gasteiger partial charge in [0.2, 0.25) is 10.0 Å². The lowest BCUT2D eigenvalue weighted by atomic mass is 10.3. The molecule has 1 unspecified atom stereocenters. The highest BCUT2D eigenvalue weighted by atomic mass is 35.5. The molecule has 1 atom stereocenters.